The van der Waals surface area contributed by atoms with Gasteiger partial charge in [0.15, 0.2) is 5.78 Å². The maximum atomic E-state index is 11.7. The number of aromatic nitrogens is 2. The third kappa shape index (κ3) is 3.22. The number of carbonyl (C=O) groups is 2. The molecule has 0 amide bonds. The average molecular weight is 256 g/mol. The molecule has 2 rings (SSSR count). The van der Waals surface area contributed by atoms with E-state index in [-0.39, 0.29) is 0 Å². The third-order valence-electron chi connectivity index (χ3n) is 2.57. The number of hydrogen-bond donors (Lipinski definition) is 1. The van der Waals surface area contributed by atoms with Crippen LogP contribution >= 0.6 is 0 Å². The van der Waals surface area contributed by atoms with Crippen molar-refractivity contribution in [2.24, 2.45) is 0 Å². The molecule has 96 valence electrons. The average Bonchev–Trinajstić information content (AvgIpc) is 2.38. The molecule has 5 heteroatoms. The molecular weight excluding hydrogens is 244 g/mol. The summed E-state index contributed by atoms with van der Waals surface area (Å²) >= 11 is 0. The van der Waals surface area contributed by atoms with Crippen LogP contribution in [-0.2, 0) is 4.79 Å². The van der Waals surface area contributed by atoms with Crippen LogP contribution in [0.3, 0.4) is 0 Å². The second-order valence-corrected chi connectivity index (χ2v) is 4.06. The molecule has 0 saturated carbocycles. The zero-order valence-corrected chi connectivity index (χ0v) is 10.3. The number of carbonyl (C=O) groups excluding carboxylic acids is 1. The SMILES string of the molecule is Cc1nccc(-c2cccc(C(=O)CC(=O)O)c2)n1. The van der Waals surface area contributed by atoms with E-state index in [1.807, 2.05) is 6.07 Å². The highest BCUT2D eigenvalue weighted by atomic mass is 16.4. The van der Waals surface area contributed by atoms with E-state index in [1.165, 1.54) is 0 Å². The molecule has 0 aliphatic heterocycles. The first-order valence-electron chi connectivity index (χ1n) is 5.71. The Morgan fingerprint density at radius 2 is 2.05 bits per heavy atom. The van der Waals surface area contributed by atoms with Crippen molar-refractivity contribution < 1.29 is 14.7 Å². The molecular formula is C14H12N2O3. The first-order valence-corrected chi connectivity index (χ1v) is 5.71. The topological polar surface area (TPSA) is 80.2 Å². The fourth-order valence-corrected chi connectivity index (χ4v) is 1.71. The summed E-state index contributed by atoms with van der Waals surface area (Å²) in [6, 6.07) is 8.52. The summed E-state index contributed by atoms with van der Waals surface area (Å²) in [4.78, 5) is 30.5. The van der Waals surface area contributed by atoms with Crippen molar-refractivity contribution in [3.63, 3.8) is 0 Å². The number of benzene rings is 1. The van der Waals surface area contributed by atoms with E-state index < -0.39 is 18.2 Å². The van der Waals surface area contributed by atoms with E-state index in [4.69, 9.17) is 5.11 Å². The lowest BCUT2D eigenvalue weighted by Crippen LogP contribution is -2.07. The van der Waals surface area contributed by atoms with Gasteiger partial charge in [0.1, 0.15) is 12.2 Å². The van der Waals surface area contributed by atoms with Gasteiger partial charge in [0, 0.05) is 17.3 Å². The summed E-state index contributed by atoms with van der Waals surface area (Å²) in [5, 5.41) is 8.63. The minimum atomic E-state index is -1.13. The van der Waals surface area contributed by atoms with Gasteiger partial charge in [-0.15, -0.1) is 0 Å². The molecule has 0 fully saturated rings. The summed E-state index contributed by atoms with van der Waals surface area (Å²) in [5.74, 6) is -0.909. The molecule has 0 aliphatic rings. The van der Waals surface area contributed by atoms with Crippen LogP contribution in [0.5, 0.6) is 0 Å². The first kappa shape index (κ1) is 12.9. The van der Waals surface area contributed by atoms with E-state index in [0.717, 1.165) is 5.56 Å². The number of aliphatic carboxylic acids is 1. The normalized spacial score (nSPS) is 10.2. The van der Waals surface area contributed by atoms with Crippen molar-refractivity contribution in [3.05, 3.63) is 47.9 Å². The molecule has 19 heavy (non-hydrogen) atoms. The fourth-order valence-electron chi connectivity index (χ4n) is 1.71. The Bertz CT molecular complexity index is 638. The van der Waals surface area contributed by atoms with Crippen LogP contribution in [-0.4, -0.2) is 26.8 Å². The van der Waals surface area contributed by atoms with Crippen molar-refractivity contribution >= 4 is 11.8 Å². The number of nitrogens with zero attached hydrogens (tertiary/aromatic N) is 2. The highest BCUT2D eigenvalue weighted by molar-refractivity contribution is 6.06. The van der Waals surface area contributed by atoms with Gasteiger partial charge < -0.3 is 5.11 Å². The highest BCUT2D eigenvalue weighted by Gasteiger charge is 2.11. The largest absolute Gasteiger partial charge is 0.481 e. The summed E-state index contributed by atoms with van der Waals surface area (Å²) in [6.45, 7) is 1.78. The molecule has 1 heterocycles. The molecule has 0 aliphatic carbocycles. The molecule has 0 atom stereocenters. The first-order chi connectivity index (χ1) is 9.06. The maximum Gasteiger partial charge on any atom is 0.311 e. The maximum absolute atomic E-state index is 11.7. The predicted octanol–water partition coefficient (Wildman–Crippen LogP) is 2.11. The number of rotatable bonds is 4. The van der Waals surface area contributed by atoms with E-state index >= 15 is 0 Å². The molecule has 1 aromatic carbocycles. The molecule has 5 nitrogen and oxygen atoms in total. The zero-order chi connectivity index (χ0) is 13.8. The molecule has 2 aromatic rings. The van der Waals surface area contributed by atoms with Crippen molar-refractivity contribution in [1.29, 1.82) is 0 Å². The Morgan fingerprint density at radius 1 is 1.26 bits per heavy atom. The van der Waals surface area contributed by atoms with Crippen LogP contribution in [0.1, 0.15) is 22.6 Å². The second-order valence-electron chi connectivity index (χ2n) is 4.06. The molecule has 0 unspecified atom stereocenters. The lowest BCUT2D eigenvalue weighted by Gasteiger charge is -2.04. The molecule has 0 bridgehead atoms. The van der Waals surface area contributed by atoms with E-state index in [1.54, 1.807) is 37.4 Å². The minimum absolute atomic E-state index is 0.371. The minimum Gasteiger partial charge on any atom is -0.481 e. The van der Waals surface area contributed by atoms with E-state index in [2.05, 4.69) is 9.97 Å². The van der Waals surface area contributed by atoms with Crippen LogP contribution in [0.4, 0.5) is 0 Å². The van der Waals surface area contributed by atoms with Gasteiger partial charge in [0.25, 0.3) is 0 Å². The van der Waals surface area contributed by atoms with Crippen LogP contribution < -0.4 is 0 Å². The van der Waals surface area contributed by atoms with Crippen LogP contribution in [0, 0.1) is 6.92 Å². The molecule has 0 saturated heterocycles. The van der Waals surface area contributed by atoms with Gasteiger partial charge in [-0.05, 0) is 19.1 Å². The van der Waals surface area contributed by atoms with Gasteiger partial charge in [0.2, 0.25) is 0 Å². The number of Topliss-reactive ketones (excluding diaryl/α,β-unsaturated/α-hetero) is 1. The number of hydrogen-bond acceptors (Lipinski definition) is 4. The highest BCUT2D eigenvalue weighted by Crippen LogP contribution is 2.18. The number of ketones is 1. The van der Waals surface area contributed by atoms with Crippen molar-refractivity contribution in [1.82, 2.24) is 9.97 Å². The Balaban J connectivity index is 2.34. The summed E-state index contributed by atoms with van der Waals surface area (Å²) in [6.07, 6.45) is 1.13. The monoisotopic (exact) mass is 256 g/mol. The Kier molecular flexibility index (Phi) is 3.66. The van der Waals surface area contributed by atoms with Gasteiger partial charge in [-0.2, -0.15) is 0 Å². The summed E-state index contributed by atoms with van der Waals surface area (Å²) in [7, 11) is 0. The summed E-state index contributed by atoms with van der Waals surface area (Å²) < 4.78 is 0. The lowest BCUT2D eigenvalue weighted by atomic mass is 10.0. The van der Waals surface area contributed by atoms with Gasteiger partial charge in [-0.25, -0.2) is 9.97 Å². The number of carboxylic acid groups (broad SMARTS) is 1. The zero-order valence-electron chi connectivity index (χ0n) is 10.3. The smallest absolute Gasteiger partial charge is 0.311 e. The van der Waals surface area contributed by atoms with Gasteiger partial charge in [0.05, 0.1) is 5.69 Å². The Labute approximate surface area is 110 Å². The van der Waals surface area contributed by atoms with Gasteiger partial charge in [-0.1, -0.05) is 18.2 Å². The van der Waals surface area contributed by atoms with Crippen LogP contribution in [0.25, 0.3) is 11.3 Å². The van der Waals surface area contributed by atoms with Crippen LogP contribution in [0.2, 0.25) is 0 Å². The Hall–Kier alpha value is -2.56. The second kappa shape index (κ2) is 5.39. The molecule has 0 radical (unpaired) electrons. The van der Waals surface area contributed by atoms with Gasteiger partial charge in [-0.3, -0.25) is 9.59 Å². The van der Waals surface area contributed by atoms with E-state index in [0.29, 0.717) is 17.1 Å². The molecule has 1 N–H and O–H groups in total. The van der Waals surface area contributed by atoms with Crippen LogP contribution in [0.15, 0.2) is 36.5 Å². The van der Waals surface area contributed by atoms with Crippen molar-refractivity contribution in [3.8, 4) is 11.3 Å². The predicted molar refractivity (Wildman–Crippen MR) is 68.8 cm³/mol. The number of carboxylic acids is 1. The lowest BCUT2D eigenvalue weighted by molar-refractivity contribution is -0.135. The fraction of sp³-hybridized carbons (Fsp3) is 0.143. The van der Waals surface area contributed by atoms with Gasteiger partial charge >= 0.3 is 5.97 Å². The molecule has 0 spiro atoms. The Morgan fingerprint density at radius 3 is 2.74 bits per heavy atom. The molecule has 1 aromatic heterocycles. The standard InChI is InChI=1S/C14H12N2O3/c1-9-15-6-5-12(16-9)10-3-2-4-11(7-10)13(17)8-14(18)19/h2-7H,8H2,1H3,(H,18,19). The third-order valence-corrected chi connectivity index (χ3v) is 2.57. The van der Waals surface area contributed by atoms with Crippen molar-refractivity contribution in [2.45, 2.75) is 13.3 Å². The van der Waals surface area contributed by atoms with Crippen molar-refractivity contribution in [2.75, 3.05) is 0 Å². The quantitative estimate of drug-likeness (QED) is 0.669. The summed E-state index contributed by atoms with van der Waals surface area (Å²) in [5.41, 5.74) is 1.84. The van der Waals surface area contributed by atoms with E-state index in [9.17, 15) is 9.59 Å². The number of aryl methyl sites for hydroxylation is 1.